The third kappa shape index (κ3) is 9.99. The zero-order valence-corrected chi connectivity index (χ0v) is 28.1. The van der Waals surface area contributed by atoms with E-state index in [0.29, 0.717) is 12.1 Å². The van der Waals surface area contributed by atoms with Crippen molar-refractivity contribution in [2.24, 2.45) is 0 Å². The van der Waals surface area contributed by atoms with Gasteiger partial charge in [0.15, 0.2) is 33.1 Å². The molecule has 14 heteroatoms. The van der Waals surface area contributed by atoms with Crippen LogP contribution in [0.5, 0.6) is 5.75 Å². The molecule has 3 rings (SSSR count). The average Bonchev–Trinajstić information content (AvgIpc) is 3.06. The molecule has 7 nitrogen and oxygen atoms in total. The summed E-state index contributed by atoms with van der Waals surface area (Å²) in [5.41, 5.74) is -2.49. The molecule has 0 aliphatic carbocycles. The van der Waals surface area contributed by atoms with E-state index in [2.05, 4.69) is 12.2 Å². The smallest absolute Gasteiger partial charge is 0.261 e. The van der Waals surface area contributed by atoms with Gasteiger partial charge in [-0.3, -0.25) is 9.59 Å². The van der Waals surface area contributed by atoms with Crippen LogP contribution in [0.15, 0.2) is 41.3 Å². The number of carbonyl (C=O) groups is 2. The van der Waals surface area contributed by atoms with E-state index < -0.39 is 84.5 Å². The summed E-state index contributed by atoms with van der Waals surface area (Å²) in [5.74, 6) is -17.5. The number of phenols is 1. The summed E-state index contributed by atoms with van der Waals surface area (Å²) in [6.45, 7) is 3.63. The summed E-state index contributed by atoms with van der Waals surface area (Å²) in [6.07, 6.45) is 12.5. The van der Waals surface area contributed by atoms with E-state index in [0.717, 1.165) is 31.2 Å². The first-order valence-electron chi connectivity index (χ1n) is 16.2. The lowest BCUT2D eigenvalue weighted by Gasteiger charge is -2.17. The SMILES string of the molecule is CCCCCCCCCCCCc1ccc(S(=O)(=O)C(CC)C(=O)Nc2cc(O)c(NC(=O)c3c(F)c(F)c(F)c(F)c3F)cc2F)cc1. The van der Waals surface area contributed by atoms with Crippen LogP contribution in [0.25, 0.3) is 0 Å². The summed E-state index contributed by atoms with van der Waals surface area (Å²) >= 11 is 0. The lowest BCUT2D eigenvalue weighted by Crippen LogP contribution is -2.35. The van der Waals surface area contributed by atoms with Crippen LogP contribution in [0.1, 0.15) is 100 Å². The Balaban J connectivity index is 1.62. The first kappa shape index (κ1) is 39.4. The molecule has 0 radical (unpaired) electrons. The Bertz CT molecular complexity index is 1710. The molecule has 0 saturated carbocycles. The topological polar surface area (TPSA) is 113 Å². The first-order valence-corrected chi connectivity index (χ1v) is 17.8. The van der Waals surface area contributed by atoms with Gasteiger partial charge in [-0.1, -0.05) is 83.8 Å². The van der Waals surface area contributed by atoms with Crippen molar-refractivity contribution in [3.63, 3.8) is 0 Å². The fourth-order valence-corrected chi connectivity index (χ4v) is 6.96. The third-order valence-electron chi connectivity index (χ3n) is 8.14. The number of rotatable bonds is 18. The van der Waals surface area contributed by atoms with Crippen LogP contribution >= 0.6 is 0 Å². The Labute approximate surface area is 282 Å². The number of anilines is 2. The number of sulfone groups is 1. The van der Waals surface area contributed by atoms with E-state index in [1.165, 1.54) is 64.0 Å². The van der Waals surface area contributed by atoms with Crippen LogP contribution in [0.4, 0.5) is 37.7 Å². The summed E-state index contributed by atoms with van der Waals surface area (Å²) in [6, 6.07) is 7.16. The summed E-state index contributed by atoms with van der Waals surface area (Å²) in [4.78, 5) is 25.2. The fourth-order valence-electron chi connectivity index (χ4n) is 5.33. The Morgan fingerprint density at radius 1 is 0.694 bits per heavy atom. The van der Waals surface area contributed by atoms with E-state index in [9.17, 15) is 49.5 Å². The molecular formula is C35H40F6N2O5S. The molecule has 3 aromatic rings. The van der Waals surface area contributed by atoms with Crippen LogP contribution < -0.4 is 10.6 Å². The van der Waals surface area contributed by atoms with E-state index in [1.54, 1.807) is 17.4 Å². The van der Waals surface area contributed by atoms with Gasteiger partial charge in [-0.25, -0.2) is 34.8 Å². The number of phenolic OH excluding ortho intramolecular Hbond substituents is 1. The van der Waals surface area contributed by atoms with Crippen molar-refractivity contribution in [1.29, 1.82) is 0 Å². The minimum Gasteiger partial charge on any atom is -0.506 e. The molecule has 0 spiro atoms. The van der Waals surface area contributed by atoms with Crippen molar-refractivity contribution < 1.29 is 49.5 Å². The van der Waals surface area contributed by atoms with E-state index in [4.69, 9.17) is 0 Å². The van der Waals surface area contributed by atoms with Gasteiger partial charge in [0.2, 0.25) is 11.7 Å². The van der Waals surface area contributed by atoms with Gasteiger partial charge >= 0.3 is 0 Å². The van der Waals surface area contributed by atoms with Gasteiger partial charge in [0, 0.05) is 12.1 Å². The van der Waals surface area contributed by atoms with Crippen molar-refractivity contribution in [1.82, 2.24) is 0 Å². The maximum Gasteiger partial charge on any atom is 0.261 e. The van der Waals surface area contributed by atoms with Crippen molar-refractivity contribution in [2.75, 3.05) is 10.6 Å². The van der Waals surface area contributed by atoms with Crippen LogP contribution in [0.2, 0.25) is 0 Å². The average molecular weight is 715 g/mol. The van der Waals surface area contributed by atoms with Gasteiger partial charge in [-0.05, 0) is 37.0 Å². The molecule has 2 amide bonds. The number of hydrogen-bond donors (Lipinski definition) is 3. The lowest BCUT2D eigenvalue weighted by atomic mass is 10.0. The highest BCUT2D eigenvalue weighted by Crippen LogP contribution is 2.32. The number of hydrogen-bond acceptors (Lipinski definition) is 5. The van der Waals surface area contributed by atoms with Crippen LogP contribution in [0.3, 0.4) is 0 Å². The normalized spacial score (nSPS) is 12.2. The number of carbonyl (C=O) groups excluding carboxylic acids is 2. The van der Waals surface area contributed by atoms with Gasteiger partial charge in [0.25, 0.3) is 5.91 Å². The second-order valence-electron chi connectivity index (χ2n) is 11.8. The largest absolute Gasteiger partial charge is 0.506 e. The molecule has 3 N–H and O–H groups in total. The van der Waals surface area contributed by atoms with E-state index in [-0.39, 0.29) is 11.3 Å². The number of nitrogens with one attached hydrogen (secondary N) is 2. The lowest BCUT2D eigenvalue weighted by molar-refractivity contribution is -0.115. The summed E-state index contributed by atoms with van der Waals surface area (Å²) in [7, 11) is -4.24. The molecule has 1 unspecified atom stereocenters. The van der Waals surface area contributed by atoms with E-state index >= 15 is 0 Å². The summed E-state index contributed by atoms with van der Waals surface area (Å²) < 4.78 is 110. The number of aryl methyl sites for hydroxylation is 1. The first-order chi connectivity index (χ1) is 23.2. The highest BCUT2D eigenvalue weighted by atomic mass is 32.2. The molecule has 0 aliphatic rings. The Morgan fingerprint density at radius 3 is 1.73 bits per heavy atom. The second-order valence-corrected chi connectivity index (χ2v) is 13.9. The predicted molar refractivity (Wildman–Crippen MR) is 174 cm³/mol. The Kier molecular flexibility index (Phi) is 14.5. The van der Waals surface area contributed by atoms with Crippen LogP contribution in [0, 0.1) is 34.9 Å². The van der Waals surface area contributed by atoms with E-state index in [1.807, 2.05) is 0 Å². The van der Waals surface area contributed by atoms with Gasteiger partial charge < -0.3 is 15.7 Å². The maximum atomic E-state index is 14.9. The van der Waals surface area contributed by atoms with Gasteiger partial charge in [-0.2, -0.15) is 0 Å². The Morgan fingerprint density at radius 2 is 1.20 bits per heavy atom. The predicted octanol–water partition coefficient (Wildman–Crippen LogP) is 9.13. The van der Waals surface area contributed by atoms with Crippen molar-refractivity contribution in [3.05, 3.63) is 82.4 Å². The number of amides is 2. The summed E-state index contributed by atoms with van der Waals surface area (Å²) in [5, 5.41) is 12.3. The number of unbranched alkanes of at least 4 members (excludes halogenated alkanes) is 9. The number of halogens is 6. The van der Waals surface area contributed by atoms with Gasteiger partial charge in [0.05, 0.1) is 16.3 Å². The number of benzene rings is 3. The molecule has 49 heavy (non-hydrogen) atoms. The highest BCUT2D eigenvalue weighted by molar-refractivity contribution is 7.92. The second kappa shape index (κ2) is 18.1. The molecule has 1 atom stereocenters. The molecule has 3 aromatic carbocycles. The van der Waals surface area contributed by atoms with Gasteiger partial charge in [-0.15, -0.1) is 0 Å². The monoisotopic (exact) mass is 714 g/mol. The van der Waals surface area contributed by atoms with Crippen molar-refractivity contribution >= 4 is 33.0 Å². The van der Waals surface area contributed by atoms with Crippen LogP contribution in [-0.2, 0) is 21.1 Å². The molecular weight excluding hydrogens is 674 g/mol. The molecule has 0 fully saturated rings. The third-order valence-corrected chi connectivity index (χ3v) is 10.4. The maximum absolute atomic E-state index is 14.9. The quantitative estimate of drug-likeness (QED) is 0.0400. The highest BCUT2D eigenvalue weighted by Gasteiger charge is 2.34. The minimum atomic E-state index is -4.24. The standard InChI is InChI=1S/C35H40F6N2O5S/c1-3-5-6-7-8-9-10-11-12-13-14-21-15-17-22(18-16-21)49(47,48)27(4-2)34(45)42-24-20-26(44)25(19-23(24)36)43-35(46)28-29(37)31(39)33(41)32(40)30(28)38/h15-20,27,44H,3-14H2,1-2H3,(H,42,45)(H,43,46). The molecule has 268 valence electrons. The fraction of sp³-hybridized carbons (Fsp3) is 0.429. The van der Waals surface area contributed by atoms with Crippen molar-refractivity contribution in [3.8, 4) is 5.75 Å². The molecule has 0 aliphatic heterocycles. The zero-order valence-electron chi connectivity index (χ0n) is 27.3. The van der Waals surface area contributed by atoms with Gasteiger partial charge in [0.1, 0.15) is 22.4 Å². The minimum absolute atomic E-state index is 0.115. The molecule has 0 bridgehead atoms. The molecule has 0 saturated heterocycles. The van der Waals surface area contributed by atoms with Crippen LogP contribution in [-0.4, -0.2) is 30.6 Å². The zero-order chi connectivity index (χ0) is 36.3. The number of aromatic hydroxyl groups is 1. The van der Waals surface area contributed by atoms with Crippen molar-refractivity contribution in [2.45, 2.75) is 101 Å². The molecule has 0 aromatic heterocycles. The molecule has 0 heterocycles. The Hall–Kier alpha value is -4.07.